The van der Waals surface area contributed by atoms with Crippen LogP contribution in [0, 0.1) is 0 Å². The van der Waals surface area contributed by atoms with Crippen LogP contribution in [0.25, 0.3) is 0 Å². The topological polar surface area (TPSA) is 0 Å². The summed E-state index contributed by atoms with van der Waals surface area (Å²) in [6.45, 7) is 2.19. The summed E-state index contributed by atoms with van der Waals surface area (Å²) in [7, 11) is 6.48. The van der Waals surface area contributed by atoms with Gasteiger partial charge in [0.15, 0.2) is 0 Å². The van der Waals surface area contributed by atoms with Crippen molar-refractivity contribution in [2.45, 2.75) is 19.8 Å². The van der Waals surface area contributed by atoms with Crippen LogP contribution in [-0.4, -0.2) is 25.6 Å². The molecule has 0 fully saturated rings. The van der Waals surface area contributed by atoms with E-state index in [4.69, 9.17) is 0 Å². The lowest BCUT2D eigenvalue weighted by Crippen LogP contribution is -3.00. The van der Waals surface area contributed by atoms with Gasteiger partial charge in [0.25, 0.3) is 0 Å². The van der Waals surface area contributed by atoms with E-state index in [0.717, 1.165) is 4.48 Å². The van der Waals surface area contributed by atoms with E-state index in [1.165, 1.54) is 12.8 Å². The molecule has 1 nitrogen and oxygen atoms in total. The molecule has 0 spiro atoms. The highest BCUT2D eigenvalue weighted by Gasteiger charge is 1.97. The lowest BCUT2D eigenvalue weighted by Gasteiger charge is -2.16. The normalized spacial score (nSPS) is 11.6. The molecule has 0 aromatic heterocycles. The van der Waals surface area contributed by atoms with Crippen molar-refractivity contribution in [2.24, 2.45) is 0 Å². The Morgan fingerprint density at radius 1 is 1.20 bits per heavy atom. The largest absolute Gasteiger partial charge is 1.00 e. The summed E-state index contributed by atoms with van der Waals surface area (Å²) in [4.78, 5) is 0. The number of hydrogen-bond acceptors (Lipinski definition) is 0. The fourth-order valence-corrected chi connectivity index (χ4v) is 0.557. The zero-order chi connectivity index (χ0) is 7.33. The minimum Gasteiger partial charge on any atom is -1.00 e. The molecule has 0 rings (SSSR count). The highest BCUT2D eigenvalue weighted by atomic mass is 35.5. The molecule has 2 heteroatoms. The predicted octanol–water partition coefficient (Wildman–Crippen LogP) is -0.990. The van der Waals surface area contributed by atoms with Gasteiger partial charge in [-0.3, -0.25) is 0 Å². The average Bonchev–Trinajstić information content (AvgIpc) is 1.63. The number of quaternary nitrogens is 1. The molecule has 0 saturated heterocycles. The van der Waals surface area contributed by atoms with Crippen LogP contribution in [0.4, 0.5) is 0 Å². The van der Waals surface area contributed by atoms with Crippen molar-refractivity contribution in [2.75, 3.05) is 21.1 Å². The third-order valence-electron chi connectivity index (χ3n) is 1.01. The molecule has 0 aromatic carbocycles. The number of nitrogens with zero attached hydrogens (tertiary/aromatic N) is 1. The monoisotopic (exact) mass is 163 g/mol. The molecule has 0 radical (unpaired) electrons. The van der Waals surface area contributed by atoms with Crippen molar-refractivity contribution in [3.05, 3.63) is 12.3 Å². The molecular weight excluding hydrogens is 146 g/mol. The van der Waals surface area contributed by atoms with E-state index in [0.29, 0.717) is 0 Å². The minimum atomic E-state index is 0. The van der Waals surface area contributed by atoms with Crippen LogP contribution in [0.2, 0.25) is 0 Å². The van der Waals surface area contributed by atoms with E-state index in [9.17, 15) is 0 Å². The summed E-state index contributed by atoms with van der Waals surface area (Å²) in [5.41, 5.74) is 0. The van der Waals surface area contributed by atoms with Gasteiger partial charge in [0, 0.05) is 0 Å². The first-order valence-electron chi connectivity index (χ1n) is 3.55. The Balaban J connectivity index is 0. The molecule has 0 aromatic rings. The molecule has 0 amide bonds. The summed E-state index contributed by atoms with van der Waals surface area (Å²) in [6.07, 6.45) is 6.90. The zero-order valence-electron chi connectivity index (χ0n) is 7.39. The molecule has 0 aliphatic heterocycles. The highest BCUT2D eigenvalue weighted by molar-refractivity contribution is 4.71. The van der Waals surface area contributed by atoms with Gasteiger partial charge in [-0.1, -0.05) is 13.3 Å². The van der Waals surface area contributed by atoms with Crippen molar-refractivity contribution >= 4 is 0 Å². The molecule has 0 unspecified atom stereocenters. The van der Waals surface area contributed by atoms with E-state index >= 15 is 0 Å². The summed E-state index contributed by atoms with van der Waals surface area (Å²) in [5.74, 6) is 0. The average molecular weight is 164 g/mol. The van der Waals surface area contributed by atoms with E-state index in [2.05, 4.69) is 40.3 Å². The van der Waals surface area contributed by atoms with Crippen molar-refractivity contribution < 1.29 is 16.9 Å². The molecule has 10 heavy (non-hydrogen) atoms. The maximum Gasteiger partial charge on any atom is 0.0911 e. The van der Waals surface area contributed by atoms with Crippen LogP contribution in [0.1, 0.15) is 19.8 Å². The molecule has 0 heterocycles. The Kier molecular flexibility index (Phi) is 7.27. The van der Waals surface area contributed by atoms with Gasteiger partial charge < -0.3 is 16.9 Å². The van der Waals surface area contributed by atoms with Crippen LogP contribution in [0.3, 0.4) is 0 Å². The Bertz CT molecular complexity index is 91.9. The number of halogens is 1. The van der Waals surface area contributed by atoms with Crippen LogP contribution in [-0.2, 0) is 0 Å². The summed E-state index contributed by atoms with van der Waals surface area (Å²) < 4.78 is 0.931. The Hall–Kier alpha value is -0.0100. The predicted molar refractivity (Wildman–Crippen MR) is 42.1 cm³/mol. The minimum absolute atomic E-state index is 0. The molecule has 0 saturated carbocycles. The van der Waals surface area contributed by atoms with Crippen molar-refractivity contribution in [3.63, 3.8) is 0 Å². The molecule has 0 N–H and O–H groups in total. The van der Waals surface area contributed by atoms with E-state index in [-0.39, 0.29) is 12.4 Å². The fourth-order valence-electron chi connectivity index (χ4n) is 0.557. The quantitative estimate of drug-likeness (QED) is 0.469. The van der Waals surface area contributed by atoms with Crippen LogP contribution in [0.5, 0.6) is 0 Å². The first-order chi connectivity index (χ1) is 4.06. The van der Waals surface area contributed by atoms with Crippen molar-refractivity contribution in [1.29, 1.82) is 0 Å². The van der Waals surface area contributed by atoms with Gasteiger partial charge in [-0.15, -0.1) is 0 Å². The van der Waals surface area contributed by atoms with Crippen molar-refractivity contribution in [3.8, 4) is 0 Å². The van der Waals surface area contributed by atoms with Crippen LogP contribution < -0.4 is 12.4 Å². The second-order valence-corrected chi connectivity index (χ2v) is 3.29. The Labute approximate surface area is 70.7 Å². The lowest BCUT2D eigenvalue weighted by molar-refractivity contribution is -0.817. The van der Waals surface area contributed by atoms with E-state index in [1.54, 1.807) is 0 Å². The lowest BCUT2D eigenvalue weighted by atomic mass is 10.3. The van der Waals surface area contributed by atoms with Gasteiger partial charge in [-0.05, 0) is 12.5 Å². The van der Waals surface area contributed by atoms with Gasteiger partial charge in [0.1, 0.15) is 0 Å². The summed E-state index contributed by atoms with van der Waals surface area (Å²) in [5, 5.41) is 0. The van der Waals surface area contributed by atoms with Crippen molar-refractivity contribution in [1.82, 2.24) is 0 Å². The number of rotatable bonds is 3. The molecule has 62 valence electrons. The third-order valence-corrected chi connectivity index (χ3v) is 1.01. The van der Waals surface area contributed by atoms with Gasteiger partial charge in [0.2, 0.25) is 0 Å². The highest BCUT2D eigenvalue weighted by Crippen LogP contribution is 1.94. The molecule has 0 atom stereocenters. The second kappa shape index (κ2) is 5.75. The molecule has 0 bridgehead atoms. The SMILES string of the molecule is CCCC=C[N+](C)(C)C.[Cl-]. The Morgan fingerprint density at radius 2 is 1.70 bits per heavy atom. The summed E-state index contributed by atoms with van der Waals surface area (Å²) >= 11 is 0. The Morgan fingerprint density at radius 3 is 2.00 bits per heavy atom. The van der Waals surface area contributed by atoms with Crippen LogP contribution >= 0.6 is 0 Å². The second-order valence-electron chi connectivity index (χ2n) is 3.29. The number of allylic oxidation sites excluding steroid dienone is 1. The number of unbranched alkanes of at least 4 members (excludes halogenated alkanes) is 1. The summed E-state index contributed by atoms with van der Waals surface area (Å²) in [6, 6.07) is 0. The molecule has 0 aliphatic carbocycles. The smallest absolute Gasteiger partial charge is 0.0911 e. The zero-order valence-corrected chi connectivity index (χ0v) is 8.15. The van der Waals surface area contributed by atoms with Crippen LogP contribution in [0.15, 0.2) is 12.3 Å². The van der Waals surface area contributed by atoms with Gasteiger partial charge >= 0.3 is 0 Å². The third kappa shape index (κ3) is 10.9. The van der Waals surface area contributed by atoms with Gasteiger partial charge in [-0.2, -0.15) is 0 Å². The van der Waals surface area contributed by atoms with E-state index < -0.39 is 0 Å². The first-order valence-corrected chi connectivity index (χ1v) is 3.55. The number of hydrogen-bond donors (Lipinski definition) is 0. The molecule has 0 aliphatic rings. The maximum absolute atomic E-state index is 2.24. The van der Waals surface area contributed by atoms with Gasteiger partial charge in [0.05, 0.1) is 27.3 Å². The molecular formula is C8H18ClN. The van der Waals surface area contributed by atoms with E-state index in [1.807, 2.05) is 0 Å². The van der Waals surface area contributed by atoms with Gasteiger partial charge in [-0.25, -0.2) is 0 Å². The standard InChI is InChI=1S/C8H18N.ClH/c1-5-6-7-8-9(2,3)4;/h7-8H,5-6H2,1-4H3;1H/q+1;/p-1. The maximum atomic E-state index is 2.24. The fraction of sp³-hybridized carbons (Fsp3) is 0.750. The first kappa shape index (κ1) is 12.6.